The highest BCUT2D eigenvalue weighted by molar-refractivity contribution is 7.52. The van der Waals surface area contributed by atoms with E-state index in [4.69, 9.17) is 18.5 Å². The number of carbonyl (C=O) groups excluding carboxylic acids is 1. The van der Waals surface area contributed by atoms with Crippen LogP contribution in [0.25, 0.3) is 0 Å². The Balaban J connectivity index is 1.47. The van der Waals surface area contributed by atoms with Gasteiger partial charge in [0.25, 0.3) is 5.56 Å². The normalized spacial score (nSPS) is 22.8. The minimum atomic E-state index is -4.31. The molecule has 0 spiro atoms. The Kier molecular flexibility index (Phi) is 9.67. The minimum absolute atomic E-state index is 0.00607. The van der Waals surface area contributed by atoms with Gasteiger partial charge < -0.3 is 19.1 Å². The number of hydrogen-bond donors (Lipinski definition) is 3. The van der Waals surface area contributed by atoms with Crippen molar-refractivity contribution in [3.05, 3.63) is 99.3 Å². The highest BCUT2D eigenvalue weighted by Crippen LogP contribution is 2.46. The van der Waals surface area contributed by atoms with Gasteiger partial charge >= 0.3 is 19.4 Å². The second kappa shape index (κ2) is 13.2. The molecule has 0 aliphatic carbocycles. The molecule has 3 N–H and O–H groups in total. The van der Waals surface area contributed by atoms with Gasteiger partial charge in [-0.2, -0.15) is 5.09 Å². The third-order valence-electron chi connectivity index (χ3n) is 6.13. The van der Waals surface area contributed by atoms with Crippen LogP contribution in [-0.2, 0) is 30.0 Å². The topological polar surface area (TPSA) is 158 Å². The maximum atomic E-state index is 13.9. The largest absolute Gasteiger partial charge is 0.460 e. The van der Waals surface area contributed by atoms with Gasteiger partial charge in [-0.15, -0.1) is 0 Å². The van der Waals surface area contributed by atoms with Crippen LogP contribution in [0, 0.1) is 5.92 Å². The number of aromatic amines is 1. The zero-order chi connectivity index (χ0) is 28.7. The molecule has 6 atom stereocenters. The van der Waals surface area contributed by atoms with Crippen LogP contribution in [0.3, 0.4) is 0 Å². The highest BCUT2D eigenvalue weighted by Gasteiger charge is 2.46. The summed E-state index contributed by atoms with van der Waals surface area (Å²) in [7, 11) is -4.31. The van der Waals surface area contributed by atoms with Crippen molar-refractivity contribution in [3.8, 4) is 5.75 Å². The number of H-pyrrole nitrogens is 1. The van der Waals surface area contributed by atoms with E-state index in [0.29, 0.717) is 0 Å². The number of para-hydroxylation sites is 1. The van der Waals surface area contributed by atoms with E-state index in [2.05, 4.69) is 5.09 Å². The number of ether oxygens (including phenoxy) is 2. The van der Waals surface area contributed by atoms with E-state index in [1.807, 2.05) is 11.1 Å². The number of rotatable bonds is 12. The lowest BCUT2D eigenvalue weighted by Gasteiger charge is -2.25. The molecule has 1 aliphatic rings. The lowest BCUT2D eigenvalue weighted by atomic mass is 10.00. The molecule has 214 valence electrons. The molecule has 2 heterocycles. The summed E-state index contributed by atoms with van der Waals surface area (Å²) in [5.74, 6) is -1.73. The van der Waals surface area contributed by atoms with E-state index in [1.54, 1.807) is 42.5 Å². The molecular weight excluding hydrogens is 548 g/mol. The number of alkyl halides is 1. The molecule has 0 radical (unpaired) electrons. The fourth-order valence-electron chi connectivity index (χ4n) is 4.03. The Hall–Kier alpha value is -3.61. The van der Waals surface area contributed by atoms with E-state index < -0.39 is 68.6 Å². The Morgan fingerprint density at radius 3 is 2.48 bits per heavy atom. The van der Waals surface area contributed by atoms with Gasteiger partial charge in [0.2, 0.25) is 0 Å². The number of aromatic nitrogens is 2. The second-order valence-electron chi connectivity index (χ2n) is 9.03. The number of carbonyl (C=O) groups is 1. The Bertz CT molecular complexity index is 1440. The summed E-state index contributed by atoms with van der Waals surface area (Å²) in [5.41, 5.74) is -0.760. The number of aliphatic hydroxyl groups excluding tert-OH is 1. The van der Waals surface area contributed by atoms with Gasteiger partial charge in [-0.05, 0) is 24.6 Å². The first-order valence-electron chi connectivity index (χ1n) is 12.4. The molecule has 1 saturated heterocycles. The molecule has 4 rings (SSSR count). The molecule has 0 bridgehead atoms. The first kappa shape index (κ1) is 29.4. The summed E-state index contributed by atoms with van der Waals surface area (Å²) in [6.07, 6.45) is -2.88. The highest BCUT2D eigenvalue weighted by atomic mass is 31.2. The van der Waals surface area contributed by atoms with Crippen molar-refractivity contribution < 1.29 is 37.4 Å². The summed E-state index contributed by atoms with van der Waals surface area (Å²) >= 11 is 0. The SMILES string of the molecule is C[C@H](NP(=O)(OC[C@H]1O[C@@H](n2ccc(=O)[nH]c2=O)[C@H](O)[C@@H]1CF)Oc1ccccc1)C(=O)OCc1ccccc1. The van der Waals surface area contributed by atoms with Crippen molar-refractivity contribution in [2.24, 2.45) is 5.92 Å². The number of esters is 1. The summed E-state index contributed by atoms with van der Waals surface area (Å²) in [6, 6.07) is 16.9. The Morgan fingerprint density at radius 2 is 1.82 bits per heavy atom. The average Bonchev–Trinajstić information content (AvgIpc) is 3.26. The Labute approximate surface area is 228 Å². The third kappa shape index (κ3) is 7.32. The number of nitrogens with zero attached hydrogens (tertiary/aromatic N) is 1. The predicted octanol–water partition coefficient (Wildman–Crippen LogP) is 2.31. The van der Waals surface area contributed by atoms with Crippen LogP contribution in [0.15, 0.2) is 82.5 Å². The van der Waals surface area contributed by atoms with Crippen molar-refractivity contribution >= 4 is 13.7 Å². The van der Waals surface area contributed by atoms with Crippen LogP contribution in [0.1, 0.15) is 18.7 Å². The van der Waals surface area contributed by atoms with Gasteiger partial charge in [-0.3, -0.25) is 28.1 Å². The maximum Gasteiger partial charge on any atom is 0.459 e. The number of halogens is 1. The molecule has 1 aromatic heterocycles. The monoisotopic (exact) mass is 577 g/mol. The molecule has 40 heavy (non-hydrogen) atoms. The first-order valence-corrected chi connectivity index (χ1v) is 13.9. The fraction of sp³-hybridized carbons (Fsp3) is 0.346. The summed E-state index contributed by atoms with van der Waals surface area (Å²) < 4.78 is 50.8. The van der Waals surface area contributed by atoms with E-state index in [-0.39, 0.29) is 12.4 Å². The smallest absolute Gasteiger partial charge is 0.459 e. The van der Waals surface area contributed by atoms with Crippen molar-refractivity contribution in [2.45, 2.75) is 38.0 Å². The number of nitrogens with one attached hydrogen (secondary N) is 2. The van der Waals surface area contributed by atoms with Crippen LogP contribution in [-0.4, -0.2) is 52.2 Å². The second-order valence-corrected chi connectivity index (χ2v) is 10.7. The molecule has 1 unspecified atom stereocenters. The van der Waals surface area contributed by atoms with Crippen LogP contribution in [0.2, 0.25) is 0 Å². The standard InChI is InChI=1S/C26H29FN3O9P/c1-17(25(33)36-15-18-8-4-2-5-9-18)29-40(35,39-19-10-6-3-7-11-19)37-16-21-20(14-27)23(32)24(38-21)30-13-12-22(31)28-26(30)34/h2-13,17,20-21,23-24,32H,14-16H2,1H3,(H,29,35)(H,28,31,34)/t17-,20+,21+,23+,24+,40?/m0/s1. The number of benzene rings is 2. The molecule has 14 heteroatoms. The fourth-order valence-corrected chi connectivity index (χ4v) is 5.53. The molecule has 0 amide bonds. The first-order chi connectivity index (χ1) is 19.2. The van der Waals surface area contributed by atoms with Gasteiger partial charge in [-0.25, -0.2) is 9.36 Å². The lowest BCUT2D eigenvalue weighted by Crippen LogP contribution is -2.36. The molecule has 3 aromatic rings. The molecule has 12 nitrogen and oxygen atoms in total. The molecule has 1 fully saturated rings. The van der Waals surface area contributed by atoms with Gasteiger partial charge in [-0.1, -0.05) is 48.5 Å². The van der Waals surface area contributed by atoms with Gasteiger partial charge in [0.15, 0.2) is 6.23 Å². The molecule has 1 aliphatic heterocycles. The van der Waals surface area contributed by atoms with E-state index in [0.717, 1.165) is 22.4 Å². The lowest BCUT2D eigenvalue weighted by molar-refractivity contribution is -0.146. The van der Waals surface area contributed by atoms with Crippen LogP contribution < -0.4 is 20.9 Å². The quantitative estimate of drug-likeness (QED) is 0.215. The third-order valence-corrected chi connectivity index (χ3v) is 7.78. The van der Waals surface area contributed by atoms with Crippen molar-refractivity contribution in [2.75, 3.05) is 13.3 Å². The van der Waals surface area contributed by atoms with Crippen LogP contribution >= 0.6 is 7.75 Å². The van der Waals surface area contributed by atoms with Crippen molar-refractivity contribution in [1.29, 1.82) is 0 Å². The molecule has 2 aromatic carbocycles. The van der Waals surface area contributed by atoms with Crippen LogP contribution in [0.4, 0.5) is 4.39 Å². The van der Waals surface area contributed by atoms with E-state index in [1.165, 1.54) is 19.1 Å². The molecular formula is C26H29FN3O9P. The average molecular weight is 578 g/mol. The van der Waals surface area contributed by atoms with E-state index >= 15 is 0 Å². The van der Waals surface area contributed by atoms with Gasteiger partial charge in [0.05, 0.1) is 19.4 Å². The predicted molar refractivity (Wildman–Crippen MR) is 140 cm³/mol. The van der Waals surface area contributed by atoms with Crippen molar-refractivity contribution in [1.82, 2.24) is 14.6 Å². The minimum Gasteiger partial charge on any atom is -0.460 e. The zero-order valence-corrected chi connectivity index (χ0v) is 22.3. The maximum absolute atomic E-state index is 13.9. The number of hydrogen-bond acceptors (Lipinski definition) is 9. The van der Waals surface area contributed by atoms with E-state index in [9.17, 15) is 28.4 Å². The molecule has 0 saturated carbocycles. The van der Waals surface area contributed by atoms with Gasteiger partial charge in [0.1, 0.15) is 24.5 Å². The summed E-state index contributed by atoms with van der Waals surface area (Å²) in [6.45, 7) is -0.184. The number of aliphatic hydroxyl groups is 1. The zero-order valence-electron chi connectivity index (χ0n) is 21.4. The summed E-state index contributed by atoms with van der Waals surface area (Å²) in [5, 5.41) is 13.2. The summed E-state index contributed by atoms with van der Waals surface area (Å²) in [4.78, 5) is 38.3. The Morgan fingerprint density at radius 1 is 1.15 bits per heavy atom. The van der Waals surface area contributed by atoms with Crippen LogP contribution in [0.5, 0.6) is 5.75 Å². The van der Waals surface area contributed by atoms with Gasteiger partial charge in [0, 0.05) is 18.2 Å². The van der Waals surface area contributed by atoms with Crippen molar-refractivity contribution in [3.63, 3.8) is 0 Å².